The number of benzene rings is 1. The molecule has 1 heterocycles. The SMILES string of the molecule is Cc1ccc(C(N)=NO)c(Oc2ccc(CO)cc2)n1. The molecule has 4 N–H and O–H groups in total. The topological polar surface area (TPSA) is 101 Å². The van der Waals surface area contributed by atoms with Crippen LogP contribution >= 0.6 is 0 Å². The minimum Gasteiger partial charge on any atom is -0.438 e. The highest BCUT2D eigenvalue weighted by atomic mass is 16.5. The van der Waals surface area contributed by atoms with Crippen molar-refractivity contribution in [2.75, 3.05) is 0 Å². The highest BCUT2D eigenvalue weighted by Crippen LogP contribution is 2.24. The van der Waals surface area contributed by atoms with Crippen LogP contribution in [-0.4, -0.2) is 21.1 Å². The van der Waals surface area contributed by atoms with E-state index in [1.54, 1.807) is 36.4 Å². The van der Waals surface area contributed by atoms with Gasteiger partial charge in [-0.3, -0.25) is 0 Å². The van der Waals surface area contributed by atoms with Gasteiger partial charge in [-0.25, -0.2) is 4.98 Å². The Morgan fingerprint density at radius 1 is 1.25 bits per heavy atom. The summed E-state index contributed by atoms with van der Waals surface area (Å²) >= 11 is 0. The van der Waals surface area contributed by atoms with Gasteiger partial charge in [0.2, 0.25) is 5.88 Å². The lowest BCUT2D eigenvalue weighted by molar-refractivity contribution is 0.281. The summed E-state index contributed by atoms with van der Waals surface area (Å²) in [5.74, 6) is 0.740. The van der Waals surface area contributed by atoms with Gasteiger partial charge in [-0.2, -0.15) is 0 Å². The largest absolute Gasteiger partial charge is 0.438 e. The van der Waals surface area contributed by atoms with Crippen molar-refractivity contribution in [1.29, 1.82) is 0 Å². The van der Waals surface area contributed by atoms with Crippen LogP contribution in [0, 0.1) is 6.92 Å². The van der Waals surface area contributed by atoms with Gasteiger partial charge in [0.25, 0.3) is 0 Å². The predicted molar refractivity (Wildman–Crippen MR) is 73.9 cm³/mol. The molecule has 2 rings (SSSR count). The monoisotopic (exact) mass is 273 g/mol. The molecule has 0 bridgehead atoms. The van der Waals surface area contributed by atoms with Crippen molar-refractivity contribution in [2.24, 2.45) is 10.9 Å². The normalized spacial score (nSPS) is 11.4. The molecule has 0 saturated carbocycles. The van der Waals surface area contributed by atoms with Crippen LogP contribution in [-0.2, 0) is 6.61 Å². The third kappa shape index (κ3) is 3.04. The van der Waals surface area contributed by atoms with Crippen molar-refractivity contribution in [1.82, 2.24) is 4.98 Å². The molecule has 0 radical (unpaired) electrons. The number of hydrogen-bond acceptors (Lipinski definition) is 5. The number of rotatable bonds is 4. The Labute approximate surface area is 116 Å². The van der Waals surface area contributed by atoms with Gasteiger partial charge >= 0.3 is 0 Å². The van der Waals surface area contributed by atoms with E-state index in [2.05, 4.69) is 10.1 Å². The summed E-state index contributed by atoms with van der Waals surface area (Å²) in [7, 11) is 0. The van der Waals surface area contributed by atoms with Crippen LogP contribution in [0.1, 0.15) is 16.8 Å². The van der Waals surface area contributed by atoms with E-state index in [4.69, 9.17) is 20.8 Å². The van der Waals surface area contributed by atoms with E-state index in [-0.39, 0.29) is 18.3 Å². The number of aliphatic hydroxyl groups is 1. The van der Waals surface area contributed by atoms with Gasteiger partial charge in [0.1, 0.15) is 5.75 Å². The van der Waals surface area contributed by atoms with E-state index < -0.39 is 0 Å². The zero-order chi connectivity index (χ0) is 14.5. The van der Waals surface area contributed by atoms with Crippen LogP contribution < -0.4 is 10.5 Å². The van der Waals surface area contributed by atoms with Crippen molar-refractivity contribution < 1.29 is 15.1 Å². The zero-order valence-electron chi connectivity index (χ0n) is 10.9. The molecule has 1 aromatic heterocycles. The van der Waals surface area contributed by atoms with E-state index in [1.807, 2.05) is 6.92 Å². The van der Waals surface area contributed by atoms with Crippen LogP contribution in [0.2, 0.25) is 0 Å². The molecule has 0 aliphatic carbocycles. The summed E-state index contributed by atoms with van der Waals surface area (Å²) in [5.41, 5.74) is 7.53. The minimum atomic E-state index is -0.0699. The van der Waals surface area contributed by atoms with E-state index in [9.17, 15) is 0 Å². The summed E-state index contributed by atoms with van der Waals surface area (Å²) in [5, 5.41) is 20.7. The molecule has 2 aromatic rings. The Morgan fingerprint density at radius 2 is 1.95 bits per heavy atom. The standard InChI is InChI=1S/C14H15N3O3/c1-9-2-7-12(13(15)17-19)14(16-9)20-11-5-3-10(8-18)4-6-11/h2-7,18-19H,8H2,1H3,(H2,15,17). The van der Waals surface area contributed by atoms with Gasteiger partial charge in [0, 0.05) is 5.69 Å². The van der Waals surface area contributed by atoms with Gasteiger partial charge in [-0.05, 0) is 36.8 Å². The fourth-order valence-electron chi connectivity index (χ4n) is 1.63. The van der Waals surface area contributed by atoms with E-state index in [0.717, 1.165) is 11.3 Å². The molecular weight excluding hydrogens is 258 g/mol. The number of aromatic nitrogens is 1. The first-order valence-electron chi connectivity index (χ1n) is 5.97. The van der Waals surface area contributed by atoms with Crippen molar-refractivity contribution in [3.8, 4) is 11.6 Å². The van der Waals surface area contributed by atoms with Crippen molar-refractivity contribution >= 4 is 5.84 Å². The average Bonchev–Trinajstić information content (AvgIpc) is 2.47. The lowest BCUT2D eigenvalue weighted by Gasteiger charge is -2.10. The first kappa shape index (κ1) is 13.8. The van der Waals surface area contributed by atoms with E-state index in [0.29, 0.717) is 11.3 Å². The number of pyridine rings is 1. The molecule has 20 heavy (non-hydrogen) atoms. The van der Waals surface area contributed by atoms with E-state index >= 15 is 0 Å². The van der Waals surface area contributed by atoms with Crippen LogP contribution in [0.5, 0.6) is 11.6 Å². The Morgan fingerprint density at radius 3 is 2.55 bits per heavy atom. The molecule has 0 aliphatic rings. The highest BCUT2D eigenvalue weighted by molar-refractivity contribution is 5.99. The van der Waals surface area contributed by atoms with Gasteiger partial charge in [-0.1, -0.05) is 17.3 Å². The van der Waals surface area contributed by atoms with Gasteiger partial charge in [-0.15, -0.1) is 0 Å². The number of nitrogens with two attached hydrogens (primary N) is 1. The Bertz CT molecular complexity index is 624. The molecule has 0 saturated heterocycles. The molecule has 6 heteroatoms. The molecule has 0 unspecified atom stereocenters. The third-order valence-corrected chi connectivity index (χ3v) is 2.70. The number of ether oxygens (including phenoxy) is 1. The molecule has 1 aromatic carbocycles. The summed E-state index contributed by atoms with van der Waals surface area (Å²) in [6, 6.07) is 10.3. The average molecular weight is 273 g/mol. The maximum atomic E-state index is 8.99. The van der Waals surface area contributed by atoms with Gasteiger partial charge in [0.15, 0.2) is 5.84 Å². The predicted octanol–water partition coefficient (Wildman–Crippen LogP) is 1.77. The fourth-order valence-corrected chi connectivity index (χ4v) is 1.63. The number of hydrogen-bond donors (Lipinski definition) is 3. The minimum absolute atomic E-state index is 0.0294. The maximum Gasteiger partial charge on any atom is 0.230 e. The Hall–Kier alpha value is -2.60. The first-order valence-corrected chi connectivity index (χ1v) is 5.97. The van der Waals surface area contributed by atoms with Gasteiger partial charge in [0.05, 0.1) is 12.2 Å². The summed E-state index contributed by atoms with van der Waals surface area (Å²) in [6.07, 6.45) is 0. The number of amidine groups is 1. The fraction of sp³-hybridized carbons (Fsp3) is 0.143. The molecule has 6 nitrogen and oxygen atoms in total. The second kappa shape index (κ2) is 6.03. The quantitative estimate of drug-likeness (QED) is 0.341. The second-order valence-corrected chi connectivity index (χ2v) is 4.19. The van der Waals surface area contributed by atoms with Crippen molar-refractivity contribution in [3.05, 3.63) is 53.2 Å². The molecular formula is C14H15N3O3. The molecule has 0 aliphatic heterocycles. The van der Waals surface area contributed by atoms with Crippen LogP contribution in [0.4, 0.5) is 0 Å². The number of nitrogens with zero attached hydrogens (tertiary/aromatic N) is 2. The van der Waals surface area contributed by atoms with E-state index in [1.165, 1.54) is 0 Å². The first-order chi connectivity index (χ1) is 9.63. The smallest absolute Gasteiger partial charge is 0.230 e. The summed E-state index contributed by atoms with van der Waals surface area (Å²) in [6.45, 7) is 1.79. The van der Waals surface area contributed by atoms with Crippen molar-refractivity contribution in [2.45, 2.75) is 13.5 Å². The summed E-state index contributed by atoms with van der Waals surface area (Å²) < 4.78 is 5.65. The third-order valence-electron chi connectivity index (χ3n) is 2.70. The molecule has 0 atom stereocenters. The zero-order valence-corrected chi connectivity index (χ0v) is 10.9. The Kier molecular flexibility index (Phi) is 4.17. The van der Waals surface area contributed by atoms with Crippen LogP contribution in [0.3, 0.4) is 0 Å². The number of aryl methyl sites for hydroxylation is 1. The second-order valence-electron chi connectivity index (χ2n) is 4.19. The molecule has 104 valence electrons. The number of oxime groups is 1. The number of aliphatic hydroxyl groups excluding tert-OH is 1. The highest BCUT2D eigenvalue weighted by Gasteiger charge is 2.11. The summed E-state index contributed by atoms with van der Waals surface area (Å²) in [4.78, 5) is 4.24. The van der Waals surface area contributed by atoms with Crippen LogP contribution in [0.15, 0.2) is 41.6 Å². The maximum absolute atomic E-state index is 8.99. The Balaban J connectivity index is 2.33. The van der Waals surface area contributed by atoms with Crippen LogP contribution in [0.25, 0.3) is 0 Å². The lowest BCUT2D eigenvalue weighted by Crippen LogP contribution is -2.15. The molecule has 0 fully saturated rings. The molecule has 0 amide bonds. The van der Waals surface area contributed by atoms with Crippen molar-refractivity contribution in [3.63, 3.8) is 0 Å². The molecule has 0 spiro atoms. The lowest BCUT2D eigenvalue weighted by atomic mass is 10.2. The van der Waals surface area contributed by atoms with Gasteiger partial charge < -0.3 is 20.8 Å².